The monoisotopic (exact) mass is 310 g/mol. The van der Waals surface area contributed by atoms with Crippen molar-refractivity contribution >= 4 is 50.5 Å². The molecular weight excluding hydrogens is 307 g/mol. The highest BCUT2D eigenvalue weighted by Crippen LogP contribution is 2.38. The van der Waals surface area contributed by atoms with Gasteiger partial charge in [0.2, 0.25) is 0 Å². The third-order valence-electron chi connectivity index (χ3n) is 1.76. The van der Waals surface area contributed by atoms with Gasteiger partial charge in [-0.15, -0.1) is 22.9 Å². The van der Waals surface area contributed by atoms with Crippen LogP contribution in [-0.4, -0.2) is 0 Å². The van der Waals surface area contributed by atoms with Crippen molar-refractivity contribution in [2.75, 3.05) is 0 Å². The van der Waals surface area contributed by atoms with E-state index in [1.807, 2.05) is 18.2 Å². The molecule has 1 atom stereocenters. The van der Waals surface area contributed by atoms with Gasteiger partial charge in [0.1, 0.15) is 0 Å². The van der Waals surface area contributed by atoms with E-state index >= 15 is 0 Å². The van der Waals surface area contributed by atoms with Crippen LogP contribution in [-0.2, 0) is 0 Å². The Hall–Kier alpha value is 0.0400. The van der Waals surface area contributed by atoms with Gasteiger partial charge >= 0.3 is 0 Å². The molecule has 0 aliphatic heterocycles. The summed E-state index contributed by atoms with van der Waals surface area (Å²) in [5.74, 6) is 0. The van der Waals surface area contributed by atoms with Gasteiger partial charge in [0.25, 0.3) is 0 Å². The Morgan fingerprint density at radius 1 is 1.36 bits per heavy atom. The molecule has 0 aliphatic rings. The topological polar surface area (TPSA) is 13.1 Å². The lowest BCUT2D eigenvalue weighted by atomic mass is 10.2. The van der Waals surface area contributed by atoms with E-state index in [-0.39, 0.29) is 5.38 Å². The quantitative estimate of drug-likeness (QED) is 0.704. The fourth-order valence-electron chi connectivity index (χ4n) is 1.10. The van der Waals surface area contributed by atoms with Gasteiger partial charge in [-0.05, 0) is 34.1 Å². The predicted octanol–water partition coefficient (Wildman–Crippen LogP) is 5.09. The molecule has 0 aliphatic carbocycles. The van der Waals surface area contributed by atoms with Gasteiger partial charge < -0.3 is 4.42 Å². The second-order valence-electron chi connectivity index (χ2n) is 2.65. The van der Waals surface area contributed by atoms with E-state index in [2.05, 4.69) is 15.9 Å². The summed E-state index contributed by atoms with van der Waals surface area (Å²) < 4.78 is 6.53. The lowest BCUT2D eigenvalue weighted by molar-refractivity contribution is 0.537. The standard InChI is InChI=1S/C9H5BrCl2OS/c10-9-5(3-4-13-9)8(12)6-1-2-7(11)14-6/h1-4,8H. The second kappa shape index (κ2) is 4.27. The molecule has 0 amide bonds. The van der Waals surface area contributed by atoms with Crippen molar-refractivity contribution < 1.29 is 4.42 Å². The van der Waals surface area contributed by atoms with Gasteiger partial charge in [-0.1, -0.05) is 11.6 Å². The molecule has 0 saturated heterocycles. The molecule has 1 unspecified atom stereocenters. The summed E-state index contributed by atoms with van der Waals surface area (Å²) >= 11 is 16.8. The molecule has 0 radical (unpaired) electrons. The van der Waals surface area contributed by atoms with Crippen molar-refractivity contribution in [3.63, 3.8) is 0 Å². The summed E-state index contributed by atoms with van der Waals surface area (Å²) in [5, 5.41) is -0.208. The van der Waals surface area contributed by atoms with Crippen molar-refractivity contribution in [1.82, 2.24) is 0 Å². The molecule has 74 valence electrons. The highest BCUT2D eigenvalue weighted by Gasteiger charge is 2.17. The zero-order valence-electron chi connectivity index (χ0n) is 6.84. The third kappa shape index (κ3) is 2.01. The van der Waals surface area contributed by atoms with Gasteiger partial charge in [-0.3, -0.25) is 0 Å². The van der Waals surface area contributed by atoms with E-state index < -0.39 is 0 Å². The van der Waals surface area contributed by atoms with Crippen LogP contribution >= 0.6 is 50.5 Å². The maximum absolute atomic E-state index is 6.25. The molecule has 2 aromatic rings. The minimum absolute atomic E-state index is 0.208. The molecule has 2 heterocycles. The number of hydrogen-bond acceptors (Lipinski definition) is 2. The van der Waals surface area contributed by atoms with Crippen molar-refractivity contribution in [3.05, 3.63) is 43.9 Å². The van der Waals surface area contributed by atoms with Gasteiger partial charge in [-0.2, -0.15) is 0 Å². The van der Waals surface area contributed by atoms with Crippen LogP contribution in [0.3, 0.4) is 0 Å². The fourth-order valence-corrected chi connectivity index (χ4v) is 3.14. The molecule has 14 heavy (non-hydrogen) atoms. The molecule has 0 N–H and O–H groups in total. The Morgan fingerprint density at radius 2 is 2.14 bits per heavy atom. The van der Waals surface area contributed by atoms with Crippen molar-refractivity contribution in [2.45, 2.75) is 5.38 Å². The molecule has 2 rings (SSSR count). The third-order valence-corrected chi connectivity index (χ3v) is 4.30. The Kier molecular flexibility index (Phi) is 3.22. The summed E-state index contributed by atoms with van der Waals surface area (Å²) in [7, 11) is 0. The van der Waals surface area contributed by atoms with Crippen LogP contribution in [0.25, 0.3) is 0 Å². The van der Waals surface area contributed by atoms with Crippen molar-refractivity contribution in [3.8, 4) is 0 Å². The predicted molar refractivity (Wildman–Crippen MR) is 63.4 cm³/mol. The summed E-state index contributed by atoms with van der Waals surface area (Å²) in [6, 6.07) is 5.60. The Labute approximate surface area is 104 Å². The molecule has 0 fully saturated rings. The van der Waals surface area contributed by atoms with Gasteiger partial charge in [0.05, 0.1) is 16.0 Å². The lowest BCUT2D eigenvalue weighted by Crippen LogP contribution is -1.87. The Bertz CT molecular complexity index is 437. The largest absolute Gasteiger partial charge is 0.457 e. The minimum Gasteiger partial charge on any atom is -0.457 e. The summed E-state index contributed by atoms with van der Waals surface area (Å²) in [6.45, 7) is 0. The average molecular weight is 312 g/mol. The highest BCUT2D eigenvalue weighted by molar-refractivity contribution is 9.10. The minimum atomic E-state index is -0.208. The first-order valence-corrected chi connectivity index (χ1v) is 6.23. The Morgan fingerprint density at radius 3 is 2.64 bits per heavy atom. The fraction of sp³-hybridized carbons (Fsp3) is 0.111. The molecule has 0 aromatic carbocycles. The maximum Gasteiger partial charge on any atom is 0.173 e. The number of alkyl halides is 1. The SMILES string of the molecule is Clc1ccc(C(Cl)c2ccoc2Br)s1. The van der Waals surface area contributed by atoms with E-state index in [4.69, 9.17) is 27.6 Å². The zero-order valence-corrected chi connectivity index (χ0v) is 10.8. The van der Waals surface area contributed by atoms with Gasteiger partial charge in [0, 0.05) is 10.4 Å². The first kappa shape index (κ1) is 10.6. The zero-order chi connectivity index (χ0) is 10.1. The number of furan rings is 1. The number of rotatable bonds is 2. The Balaban J connectivity index is 2.33. The van der Waals surface area contributed by atoms with Crippen LogP contribution < -0.4 is 0 Å². The molecular formula is C9H5BrCl2OS. The number of halogens is 3. The average Bonchev–Trinajstić information content (AvgIpc) is 2.73. The maximum atomic E-state index is 6.25. The van der Waals surface area contributed by atoms with Crippen LogP contribution in [0.4, 0.5) is 0 Å². The lowest BCUT2D eigenvalue weighted by Gasteiger charge is -2.03. The van der Waals surface area contributed by atoms with Gasteiger partial charge in [-0.25, -0.2) is 0 Å². The summed E-state index contributed by atoms with van der Waals surface area (Å²) in [6.07, 6.45) is 1.60. The number of thiophene rings is 1. The first-order valence-electron chi connectivity index (χ1n) is 3.80. The van der Waals surface area contributed by atoms with E-state index in [1.165, 1.54) is 11.3 Å². The van der Waals surface area contributed by atoms with E-state index in [1.54, 1.807) is 6.26 Å². The van der Waals surface area contributed by atoms with Crippen molar-refractivity contribution in [2.24, 2.45) is 0 Å². The van der Waals surface area contributed by atoms with E-state index in [0.29, 0.717) is 4.67 Å². The first-order chi connectivity index (χ1) is 6.68. The van der Waals surface area contributed by atoms with Crippen LogP contribution in [0.15, 0.2) is 33.5 Å². The van der Waals surface area contributed by atoms with Crippen LogP contribution in [0.1, 0.15) is 15.8 Å². The molecule has 0 saturated carbocycles. The summed E-state index contributed by atoms with van der Waals surface area (Å²) in [4.78, 5) is 1.01. The highest BCUT2D eigenvalue weighted by atomic mass is 79.9. The van der Waals surface area contributed by atoms with Crippen molar-refractivity contribution in [1.29, 1.82) is 0 Å². The van der Waals surface area contributed by atoms with Gasteiger partial charge in [0.15, 0.2) is 4.67 Å². The smallest absolute Gasteiger partial charge is 0.173 e. The molecule has 1 nitrogen and oxygen atoms in total. The van der Waals surface area contributed by atoms with E-state index in [0.717, 1.165) is 14.8 Å². The van der Waals surface area contributed by atoms with E-state index in [9.17, 15) is 0 Å². The normalized spacial score (nSPS) is 13.1. The molecule has 5 heteroatoms. The van der Waals surface area contributed by atoms with Crippen LogP contribution in [0, 0.1) is 0 Å². The van der Waals surface area contributed by atoms with Crippen LogP contribution in [0.2, 0.25) is 4.34 Å². The second-order valence-corrected chi connectivity index (χ2v) is 5.56. The molecule has 2 aromatic heterocycles. The molecule has 0 spiro atoms. The van der Waals surface area contributed by atoms with Crippen LogP contribution in [0.5, 0.6) is 0 Å². The summed E-state index contributed by atoms with van der Waals surface area (Å²) in [5.41, 5.74) is 0.921. The number of hydrogen-bond donors (Lipinski definition) is 0. The molecule has 0 bridgehead atoms.